The number of fused-ring (bicyclic) bond motifs is 2. The van der Waals surface area contributed by atoms with Crippen LogP contribution >= 0.6 is 0 Å². The lowest BCUT2D eigenvalue weighted by Crippen LogP contribution is -2.19. The second-order valence-electron chi connectivity index (χ2n) is 8.57. The highest BCUT2D eigenvalue weighted by Gasteiger charge is 2.30. The maximum Gasteiger partial charge on any atom is 0.226 e. The molecule has 2 aliphatic rings. The third-order valence-corrected chi connectivity index (χ3v) is 6.03. The highest BCUT2D eigenvalue weighted by molar-refractivity contribution is 6.01. The Morgan fingerprint density at radius 3 is 2.90 bits per heavy atom. The highest BCUT2D eigenvalue weighted by atomic mass is 16.1. The maximum atomic E-state index is 12.1. The molecule has 0 saturated heterocycles. The van der Waals surface area contributed by atoms with Crippen molar-refractivity contribution in [1.82, 2.24) is 9.78 Å². The van der Waals surface area contributed by atoms with Crippen molar-refractivity contribution in [3.05, 3.63) is 42.1 Å². The van der Waals surface area contributed by atoms with Crippen LogP contribution in [-0.4, -0.2) is 21.7 Å². The molecule has 6 heteroatoms. The summed E-state index contributed by atoms with van der Waals surface area (Å²) in [5, 5.41) is 21.8. The first-order valence-electron chi connectivity index (χ1n) is 10.6. The molecule has 1 aliphatic heterocycles. The van der Waals surface area contributed by atoms with Gasteiger partial charge in [0.05, 0.1) is 41.1 Å². The molecule has 2 atom stereocenters. The molecular formula is C24H25N5O. The minimum absolute atomic E-state index is 0.0325. The Kier molecular flexibility index (Phi) is 4.47. The molecule has 30 heavy (non-hydrogen) atoms. The predicted molar refractivity (Wildman–Crippen MR) is 118 cm³/mol. The molecule has 2 N–H and O–H groups in total. The van der Waals surface area contributed by atoms with Crippen molar-refractivity contribution in [2.75, 3.05) is 10.6 Å². The SMILES string of the molecule is C[C@@H]1CC(=O)Nc2cccc(-c3ccc4c(c3)c(C3CC3)nn4[C@@H](C)CC#N)c2N1. The van der Waals surface area contributed by atoms with Crippen LogP contribution in [0, 0.1) is 11.3 Å². The van der Waals surface area contributed by atoms with Crippen molar-refractivity contribution >= 4 is 28.2 Å². The number of nitriles is 1. The average molecular weight is 399 g/mol. The molecule has 2 aromatic carbocycles. The number of hydrogen-bond donors (Lipinski definition) is 2. The van der Waals surface area contributed by atoms with Crippen LogP contribution < -0.4 is 10.6 Å². The van der Waals surface area contributed by atoms with E-state index in [9.17, 15) is 4.79 Å². The van der Waals surface area contributed by atoms with E-state index in [2.05, 4.69) is 41.0 Å². The largest absolute Gasteiger partial charge is 0.380 e. The first kappa shape index (κ1) is 18.7. The number of para-hydroxylation sites is 1. The van der Waals surface area contributed by atoms with Gasteiger partial charge in [-0.1, -0.05) is 18.2 Å². The van der Waals surface area contributed by atoms with E-state index < -0.39 is 0 Å². The van der Waals surface area contributed by atoms with Gasteiger partial charge in [0.1, 0.15) is 0 Å². The number of anilines is 2. The molecule has 0 bridgehead atoms. The normalized spacial score (nSPS) is 19.4. The molecule has 1 amide bonds. The first-order chi connectivity index (χ1) is 14.5. The first-order valence-corrected chi connectivity index (χ1v) is 10.6. The topological polar surface area (TPSA) is 82.7 Å². The monoisotopic (exact) mass is 399 g/mol. The van der Waals surface area contributed by atoms with Gasteiger partial charge in [-0.3, -0.25) is 9.48 Å². The maximum absolute atomic E-state index is 12.1. The van der Waals surface area contributed by atoms with Crippen molar-refractivity contribution in [3.63, 3.8) is 0 Å². The summed E-state index contributed by atoms with van der Waals surface area (Å²) in [6, 6.07) is 14.8. The van der Waals surface area contributed by atoms with Gasteiger partial charge < -0.3 is 10.6 Å². The van der Waals surface area contributed by atoms with Crippen molar-refractivity contribution < 1.29 is 4.79 Å². The zero-order valence-electron chi connectivity index (χ0n) is 17.3. The van der Waals surface area contributed by atoms with Gasteiger partial charge in [0, 0.05) is 29.3 Å². The summed E-state index contributed by atoms with van der Waals surface area (Å²) in [6.45, 7) is 4.08. The summed E-state index contributed by atoms with van der Waals surface area (Å²) in [5.74, 6) is 0.550. The smallest absolute Gasteiger partial charge is 0.226 e. The summed E-state index contributed by atoms with van der Waals surface area (Å²) in [5.41, 5.74) is 6.19. The van der Waals surface area contributed by atoms with Crippen molar-refractivity contribution in [2.45, 2.75) is 57.5 Å². The Labute approximate surface area is 175 Å². The van der Waals surface area contributed by atoms with Crippen LogP contribution in [0.4, 0.5) is 11.4 Å². The second kappa shape index (κ2) is 7.17. The molecule has 0 radical (unpaired) electrons. The van der Waals surface area contributed by atoms with Gasteiger partial charge in [-0.15, -0.1) is 0 Å². The number of aromatic nitrogens is 2. The Bertz CT molecular complexity index is 1180. The van der Waals surface area contributed by atoms with Gasteiger partial charge >= 0.3 is 0 Å². The van der Waals surface area contributed by atoms with Gasteiger partial charge in [-0.25, -0.2) is 0 Å². The van der Waals surface area contributed by atoms with E-state index in [-0.39, 0.29) is 18.0 Å². The second-order valence-corrected chi connectivity index (χ2v) is 8.57. The molecule has 0 unspecified atom stereocenters. The predicted octanol–water partition coefficient (Wildman–Crippen LogP) is 5.20. The van der Waals surface area contributed by atoms with E-state index in [1.54, 1.807) is 0 Å². The Hall–Kier alpha value is -3.33. The van der Waals surface area contributed by atoms with Crippen LogP contribution in [0.2, 0.25) is 0 Å². The lowest BCUT2D eigenvalue weighted by atomic mass is 9.99. The number of carbonyl (C=O) groups excluding carboxylic acids is 1. The van der Waals surface area contributed by atoms with Crippen molar-refractivity contribution in [2.24, 2.45) is 0 Å². The molecule has 2 heterocycles. The molecule has 152 valence electrons. The molecular weight excluding hydrogens is 374 g/mol. The number of hydrogen-bond acceptors (Lipinski definition) is 4. The van der Waals surface area contributed by atoms with Crippen LogP contribution in [0.25, 0.3) is 22.0 Å². The van der Waals surface area contributed by atoms with E-state index in [1.165, 1.54) is 18.2 Å². The van der Waals surface area contributed by atoms with Gasteiger partial charge in [-0.05, 0) is 50.5 Å². The molecule has 3 aromatic rings. The van der Waals surface area contributed by atoms with Crippen LogP contribution in [-0.2, 0) is 4.79 Å². The van der Waals surface area contributed by atoms with E-state index in [0.717, 1.165) is 33.7 Å². The van der Waals surface area contributed by atoms with E-state index in [4.69, 9.17) is 10.4 Å². The third kappa shape index (κ3) is 3.21. The average Bonchev–Trinajstić information content (AvgIpc) is 3.50. The number of nitrogens with zero attached hydrogens (tertiary/aromatic N) is 3. The quantitative estimate of drug-likeness (QED) is 0.632. The molecule has 0 spiro atoms. The summed E-state index contributed by atoms with van der Waals surface area (Å²) in [4.78, 5) is 12.1. The number of benzene rings is 2. The van der Waals surface area contributed by atoms with Crippen molar-refractivity contribution in [1.29, 1.82) is 5.26 Å². The fourth-order valence-electron chi connectivity index (χ4n) is 4.37. The van der Waals surface area contributed by atoms with Crippen molar-refractivity contribution in [3.8, 4) is 17.2 Å². The summed E-state index contributed by atoms with van der Waals surface area (Å²) >= 11 is 0. The van der Waals surface area contributed by atoms with Crippen LogP contribution in [0.1, 0.15) is 57.2 Å². The highest BCUT2D eigenvalue weighted by Crippen LogP contribution is 2.44. The minimum atomic E-state index is 0.0325. The number of carbonyl (C=O) groups is 1. The Morgan fingerprint density at radius 1 is 1.30 bits per heavy atom. The zero-order chi connectivity index (χ0) is 20.8. The lowest BCUT2D eigenvalue weighted by molar-refractivity contribution is -0.116. The fraction of sp³-hybridized carbons (Fsp3) is 0.375. The van der Waals surface area contributed by atoms with E-state index in [1.807, 2.05) is 30.7 Å². The Balaban J connectivity index is 1.65. The van der Waals surface area contributed by atoms with Gasteiger partial charge in [0.15, 0.2) is 0 Å². The molecule has 1 saturated carbocycles. The van der Waals surface area contributed by atoms with Crippen LogP contribution in [0.3, 0.4) is 0 Å². The summed E-state index contributed by atoms with van der Waals surface area (Å²) < 4.78 is 2.02. The fourth-order valence-corrected chi connectivity index (χ4v) is 4.37. The summed E-state index contributed by atoms with van der Waals surface area (Å²) in [6.07, 6.45) is 3.24. The Morgan fingerprint density at radius 2 is 2.13 bits per heavy atom. The molecule has 1 fully saturated rings. The molecule has 1 aromatic heterocycles. The summed E-state index contributed by atoms with van der Waals surface area (Å²) in [7, 11) is 0. The van der Waals surface area contributed by atoms with E-state index >= 15 is 0 Å². The van der Waals surface area contributed by atoms with Gasteiger partial charge in [0.2, 0.25) is 5.91 Å². The van der Waals surface area contributed by atoms with Gasteiger partial charge in [0.25, 0.3) is 0 Å². The minimum Gasteiger partial charge on any atom is -0.380 e. The number of rotatable bonds is 4. The molecule has 5 rings (SSSR count). The third-order valence-electron chi connectivity index (χ3n) is 6.03. The standard InChI is InChI=1S/C24H25N5O/c1-14-12-22(30)27-20-5-3-4-18(24(20)26-14)17-8-9-21-19(13-17)23(16-6-7-16)28-29(21)15(2)10-11-25/h3-5,8-9,13-16,26H,6-7,10,12H2,1-2H3,(H,27,30)/t14-,15+/m1/s1. The van der Waals surface area contributed by atoms with Crippen LogP contribution in [0.5, 0.6) is 0 Å². The zero-order valence-corrected chi connectivity index (χ0v) is 17.3. The number of nitrogens with one attached hydrogen (secondary N) is 2. The number of amides is 1. The van der Waals surface area contributed by atoms with E-state index in [0.29, 0.717) is 18.8 Å². The molecule has 6 nitrogen and oxygen atoms in total. The van der Waals surface area contributed by atoms with Gasteiger partial charge in [-0.2, -0.15) is 10.4 Å². The lowest BCUT2D eigenvalue weighted by Gasteiger charge is -2.17. The molecule has 1 aliphatic carbocycles. The van der Waals surface area contributed by atoms with Crippen LogP contribution in [0.15, 0.2) is 36.4 Å².